The second-order valence-corrected chi connectivity index (χ2v) is 20.6. The fourth-order valence-corrected chi connectivity index (χ4v) is 12.9. The van der Waals surface area contributed by atoms with Crippen LogP contribution in [0.1, 0.15) is 77.8 Å². The quantitative estimate of drug-likeness (QED) is 0.127. The molecule has 0 unspecified atom stereocenters. The standard InChI is InChI=1S/C42H48BrN3O2Si/c1-29(47-7)39-35(19-14-22-45-39)40-37(36-25-31(43)20-21-38(36)46(40)32-23-30(24-32)27-44)26-42(5,6)28-48-49(41(2,3)4,33-15-10-8-11-16-33)34-17-12-9-13-18-34/h8-22,25,29-30,32H,23-24,26,28H2,1-7H3/t29-,30?,32?/m0/s1. The highest BCUT2D eigenvalue weighted by Gasteiger charge is 2.51. The van der Waals surface area contributed by atoms with Gasteiger partial charge in [0.05, 0.1) is 29.5 Å². The average Bonchev–Trinajstić information content (AvgIpc) is 3.36. The molecule has 0 aliphatic heterocycles. The Balaban J connectivity index is 1.50. The Morgan fingerprint density at radius 2 is 1.57 bits per heavy atom. The first-order chi connectivity index (χ1) is 23.4. The molecule has 0 amide bonds. The van der Waals surface area contributed by atoms with Gasteiger partial charge in [-0.1, -0.05) is 111 Å². The number of rotatable bonds is 11. The maximum atomic E-state index is 9.74. The van der Waals surface area contributed by atoms with E-state index in [9.17, 15) is 5.26 Å². The fourth-order valence-electron chi connectivity index (χ4n) is 7.76. The molecule has 0 radical (unpaired) electrons. The SMILES string of the molecule is CO[C@@H](C)c1ncccc1-c1c(CC(C)(C)CO[Si](c2ccccc2)(c2ccccc2)C(C)(C)C)c2cc(Br)ccc2n1C1CC(C#N)C1. The van der Waals surface area contributed by atoms with Crippen LogP contribution in [0.25, 0.3) is 22.2 Å². The molecule has 49 heavy (non-hydrogen) atoms. The lowest BCUT2D eigenvalue weighted by molar-refractivity contribution is 0.116. The van der Waals surface area contributed by atoms with Gasteiger partial charge in [-0.05, 0) is 82.9 Å². The molecule has 7 heteroatoms. The highest BCUT2D eigenvalue weighted by molar-refractivity contribution is 9.10. The van der Waals surface area contributed by atoms with Gasteiger partial charge < -0.3 is 13.7 Å². The first-order valence-corrected chi connectivity index (χ1v) is 20.1. The average molecular weight is 735 g/mol. The number of nitrogens with zero attached hydrogens (tertiary/aromatic N) is 3. The Kier molecular flexibility index (Phi) is 10.1. The van der Waals surface area contributed by atoms with Crippen LogP contribution in [0.5, 0.6) is 0 Å². The van der Waals surface area contributed by atoms with E-state index in [1.54, 1.807) is 7.11 Å². The molecule has 1 saturated carbocycles. The largest absolute Gasteiger partial charge is 0.407 e. The fraction of sp³-hybridized carbons (Fsp3) is 0.381. The molecule has 0 N–H and O–H groups in total. The molecule has 3 aromatic carbocycles. The lowest BCUT2D eigenvalue weighted by atomic mass is 9.80. The summed E-state index contributed by atoms with van der Waals surface area (Å²) in [5, 5.41) is 13.4. The minimum atomic E-state index is -2.74. The number of nitriles is 1. The van der Waals surface area contributed by atoms with Crippen LogP contribution in [0.4, 0.5) is 0 Å². The van der Waals surface area contributed by atoms with Crippen molar-refractivity contribution in [2.24, 2.45) is 11.3 Å². The van der Waals surface area contributed by atoms with Crippen LogP contribution in [0.15, 0.2) is 102 Å². The van der Waals surface area contributed by atoms with E-state index in [1.807, 2.05) is 12.3 Å². The molecule has 1 atom stereocenters. The number of fused-ring (bicyclic) bond motifs is 1. The molecule has 254 valence electrons. The van der Waals surface area contributed by atoms with Crippen molar-refractivity contribution in [3.05, 3.63) is 113 Å². The molecular formula is C42H48BrN3O2Si. The van der Waals surface area contributed by atoms with Gasteiger partial charge in [-0.2, -0.15) is 5.26 Å². The van der Waals surface area contributed by atoms with Gasteiger partial charge in [0.2, 0.25) is 0 Å². The van der Waals surface area contributed by atoms with E-state index in [0.29, 0.717) is 6.61 Å². The van der Waals surface area contributed by atoms with Gasteiger partial charge in [-0.25, -0.2) is 0 Å². The van der Waals surface area contributed by atoms with Crippen LogP contribution in [-0.2, 0) is 15.6 Å². The smallest absolute Gasteiger partial charge is 0.261 e. The number of hydrogen-bond acceptors (Lipinski definition) is 4. The Labute approximate surface area is 301 Å². The third kappa shape index (κ3) is 6.69. The van der Waals surface area contributed by atoms with E-state index in [2.05, 4.69) is 153 Å². The normalized spacial score (nSPS) is 17.4. The Morgan fingerprint density at radius 1 is 0.939 bits per heavy atom. The van der Waals surface area contributed by atoms with Crippen LogP contribution in [0, 0.1) is 22.7 Å². The zero-order chi connectivity index (χ0) is 35.0. The van der Waals surface area contributed by atoms with E-state index in [4.69, 9.17) is 14.1 Å². The van der Waals surface area contributed by atoms with Gasteiger partial charge >= 0.3 is 0 Å². The van der Waals surface area contributed by atoms with Gasteiger partial charge in [0.15, 0.2) is 0 Å². The molecule has 2 heterocycles. The summed E-state index contributed by atoms with van der Waals surface area (Å²) in [6, 6.07) is 35.4. The number of hydrogen-bond donors (Lipinski definition) is 0. The van der Waals surface area contributed by atoms with Crippen LogP contribution in [0.3, 0.4) is 0 Å². The predicted molar refractivity (Wildman–Crippen MR) is 207 cm³/mol. The second-order valence-electron chi connectivity index (χ2n) is 15.4. The summed E-state index contributed by atoms with van der Waals surface area (Å²) >= 11 is 3.80. The lowest BCUT2D eigenvalue weighted by Crippen LogP contribution is -2.67. The van der Waals surface area contributed by atoms with E-state index in [1.165, 1.54) is 32.5 Å². The maximum Gasteiger partial charge on any atom is 0.261 e. The van der Waals surface area contributed by atoms with Gasteiger partial charge in [0, 0.05) is 46.9 Å². The van der Waals surface area contributed by atoms with E-state index >= 15 is 0 Å². The van der Waals surface area contributed by atoms with Crippen LogP contribution in [0.2, 0.25) is 5.04 Å². The summed E-state index contributed by atoms with van der Waals surface area (Å²) in [6.07, 6.45) is 4.16. The van der Waals surface area contributed by atoms with Crippen molar-refractivity contribution in [1.29, 1.82) is 5.26 Å². The summed E-state index contributed by atoms with van der Waals surface area (Å²) in [6.45, 7) is 14.3. The molecule has 2 aromatic heterocycles. The molecule has 0 bridgehead atoms. The van der Waals surface area contributed by atoms with Crippen LogP contribution in [-0.4, -0.2) is 31.6 Å². The topological polar surface area (TPSA) is 60.1 Å². The first-order valence-electron chi connectivity index (χ1n) is 17.3. The summed E-state index contributed by atoms with van der Waals surface area (Å²) in [5.74, 6) is 0.0803. The van der Waals surface area contributed by atoms with Gasteiger partial charge in [0.1, 0.15) is 0 Å². The molecule has 5 aromatic rings. The van der Waals surface area contributed by atoms with Crippen molar-refractivity contribution < 1.29 is 9.16 Å². The third-order valence-electron chi connectivity index (χ3n) is 10.3. The van der Waals surface area contributed by atoms with Crippen molar-refractivity contribution in [3.8, 4) is 17.3 Å². The maximum absolute atomic E-state index is 9.74. The zero-order valence-corrected chi connectivity index (χ0v) is 32.4. The lowest BCUT2D eigenvalue weighted by Gasteiger charge is -2.44. The van der Waals surface area contributed by atoms with Gasteiger partial charge in [-0.3, -0.25) is 4.98 Å². The van der Waals surface area contributed by atoms with Crippen molar-refractivity contribution in [1.82, 2.24) is 9.55 Å². The number of pyridine rings is 1. The number of benzene rings is 3. The summed E-state index contributed by atoms with van der Waals surface area (Å²) in [4.78, 5) is 4.87. The molecule has 1 fully saturated rings. The van der Waals surface area contributed by atoms with Crippen molar-refractivity contribution in [2.75, 3.05) is 13.7 Å². The Bertz CT molecular complexity index is 1910. The zero-order valence-electron chi connectivity index (χ0n) is 29.8. The van der Waals surface area contributed by atoms with Crippen LogP contribution >= 0.6 is 15.9 Å². The van der Waals surface area contributed by atoms with E-state index in [0.717, 1.165) is 35.0 Å². The number of aromatic nitrogens is 2. The van der Waals surface area contributed by atoms with Gasteiger partial charge in [-0.15, -0.1) is 0 Å². The predicted octanol–water partition coefficient (Wildman–Crippen LogP) is 9.79. The summed E-state index contributed by atoms with van der Waals surface area (Å²) < 4.78 is 16.9. The summed E-state index contributed by atoms with van der Waals surface area (Å²) in [7, 11) is -0.995. The highest BCUT2D eigenvalue weighted by atomic mass is 79.9. The van der Waals surface area contributed by atoms with Crippen molar-refractivity contribution in [2.45, 2.75) is 78.0 Å². The first kappa shape index (κ1) is 35.3. The van der Waals surface area contributed by atoms with Gasteiger partial charge in [0.25, 0.3) is 8.32 Å². The highest BCUT2D eigenvalue weighted by Crippen LogP contribution is 2.48. The second kappa shape index (κ2) is 14.0. The minimum absolute atomic E-state index is 0.0803. The van der Waals surface area contributed by atoms with E-state index < -0.39 is 8.32 Å². The molecule has 1 aliphatic carbocycles. The molecule has 0 spiro atoms. The number of halogens is 1. The molecular weight excluding hydrogens is 686 g/mol. The van der Waals surface area contributed by atoms with Crippen LogP contribution < -0.4 is 10.4 Å². The molecule has 0 saturated heterocycles. The molecule has 1 aliphatic rings. The Hall–Kier alpha value is -3.54. The molecule has 5 nitrogen and oxygen atoms in total. The van der Waals surface area contributed by atoms with Crippen molar-refractivity contribution in [3.63, 3.8) is 0 Å². The molecule has 6 rings (SSSR count). The monoisotopic (exact) mass is 733 g/mol. The Morgan fingerprint density at radius 3 is 2.14 bits per heavy atom. The number of methoxy groups -OCH3 is 1. The third-order valence-corrected chi connectivity index (χ3v) is 15.8. The number of ether oxygens (including phenoxy) is 1. The van der Waals surface area contributed by atoms with E-state index in [-0.39, 0.29) is 28.5 Å². The minimum Gasteiger partial charge on any atom is -0.407 e. The van der Waals surface area contributed by atoms with Crippen molar-refractivity contribution >= 4 is 45.5 Å². The summed E-state index contributed by atoms with van der Waals surface area (Å²) in [5.41, 5.74) is 5.44.